The largest absolute Gasteiger partial charge is 0.466 e. The van der Waals surface area contributed by atoms with E-state index in [1.807, 2.05) is 39.8 Å². The molecule has 0 fully saturated rings. The first-order valence-corrected chi connectivity index (χ1v) is 9.52. The maximum absolute atomic E-state index is 13.2. The molecule has 3 heterocycles. The Hall–Kier alpha value is -3.62. The van der Waals surface area contributed by atoms with Crippen LogP contribution in [0.2, 0.25) is 0 Å². The van der Waals surface area contributed by atoms with Gasteiger partial charge in [-0.25, -0.2) is 4.98 Å². The van der Waals surface area contributed by atoms with Crippen molar-refractivity contribution in [3.05, 3.63) is 57.7 Å². The van der Waals surface area contributed by atoms with E-state index in [2.05, 4.69) is 10.3 Å². The number of nitrogens with one attached hydrogen (secondary N) is 1. The number of hydrogen-bond acceptors (Lipinski definition) is 5. The monoisotopic (exact) mass is 411 g/mol. The lowest BCUT2D eigenvalue weighted by Crippen LogP contribution is -2.42. The molecule has 0 saturated heterocycles. The molecule has 0 bridgehead atoms. The standard InChI is InChI=1S/C21H25N5O4/c1-11(2)6-7-26-17(15-8-12(3)30-14(15)5)10-25-9-16(24-19(25)21(26)29)20(28)23-13(4)18(22)27/h6,8-10,13H,7H2,1-5H3,(H2,22,27)(H,23,28)/t13-/m0/s1. The van der Waals surface area contributed by atoms with E-state index in [1.54, 1.807) is 10.8 Å². The quantitative estimate of drug-likeness (QED) is 0.600. The zero-order valence-corrected chi connectivity index (χ0v) is 17.6. The Kier molecular flexibility index (Phi) is 5.64. The molecule has 0 radical (unpaired) electrons. The van der Waals surface area contributed by atoms with Crippen molar-refractivity contribution in [2.75, 3.05) is 0 Å². The molecule has 0 aliphatic rings. The van der Waals surface area contributed by atoms with Crippen LogP contribution in [0, 0.1) is 13.8 Å². The molecule has 0 aliphatic carbocycles. The fourth-order valence-electron chi connectivity index (χ4n) is 3.09. The van der Waals surface area contributed by atoms with Gasteiger partial charge in [0.05, 0.1) is 5.69 Å². The summed E-state index contributed by atoms with van der Waals surface area (Å²) in [5, 5.41) is 2.47. The first-order valence-electron chi connectivity index (χ1n) is 9.52. The normalized spacial score (nSPS) is 12.0. The molecule has 3 rings (SSSR count). The minimum absolute atomic E-state index is 0.0196. The molecule has 0 aliphatic heterocycles. The SMILES string of the molecule is CC(C)=CCn1c(-c2cc(C)oc2C)cn2cc(C(=O)N[C@@H](C)C(N)=O)nc2c1=O. The summed E-state index contributed by atoms with van der Waals surface area (Å²) in [6.45, 7) is 9.41. The topological polar surface area (TPSA) is 125 Å². The zero-order chi connectivity index (χ0) is 22.2. The predicted octanol–water partition coefficient (Wildman–Crippen LogP) is 1.94. The van der Waals surface area contributed by atoms with Crippen LogP contribution in [0.15, 0.2) is 39.3 Å². The van der Waals surface area contributed by atoms with Crippen LogP contribution in [0.1, 0.15) is 42.8 Å². The third-order valence-corrected chi connectivity index (χ3v) is 4.73. The van der Waals surface area contributed by atoms with Gasteiger partial charge in [-0.05, 0) is 40.7 Å². The van der Waals surface area contributed by atoms with E-state index in [1.165, 1.54) is 17.5 Å². The van der Waals surface area contributed by atoms with Crippen molar-refractivity contribution in [3.63, 3.8) is 0 Å². The number of amides is 2. The van der Waals surface area contributed by atoms with Crippen molar-refractivity contribution in [1.29, 1.82) is 0 Å². The highest BCUT2D eigenvalue weighted by molar-refractivity contribution is 5.96. The van der Waals surface area contributed by atoms with E-state index in [4.69, 9.17) is 10.2 Å². The van der Waals surface area contributed by atoms with E-state index < -0.39 is 17.9 Å². The Morgan fingerprint density at radius 1 is 1.30 bits per heavy atom. The van der Waals surface area contributed by atoms with Gasteiger partial charge in [-0.3, -0.25) is 23.4 Å². The van der Waals surface area contributed by atoms with Crippen LogP contribution in [0.4, 0.5) is 0 Å². The third kappa shape index (κ3) is 4.05. The van der Waals surface area contributed by atoms with E-state index in [9.17, 15) is 14.4 Å². The number of primary amides is 1. The molecule has 158 valence electrons. The van der Waals surface area contributed by atoms with Crippen LogP contribution in [0.25, 0.3) is 16.9 Å². The number of aromatic nitrogens is 3. The summed E-state index contributed by atoms with van der Waals surface area (Å²) in [5.74, 6) is 0.168. The van der Waals surface area contributed by atoms with Crippen LogP contribution >= 0.6 is 0 Å². The molecule has 0 spiro atoms. The van der Waals surface area contributed by atoms with Crippen molar-refractivity contribution in [3.8, 4) is 11.3 Å². The molecule has 1 atom stereocenters. The van der Waals surface area contributed by atoms with E-state index in [0.717, 1.165) is 16.9 Å². The van der Waals surface area contributed by atoms with Gasteiger partial charge in [-0.15, -0.1) is 0 Å². The number of allylic oxidation sites excluding steroid dienone is 2. The summed E-state index contributed by atoms with van der Waals surface area (Å²) in [6.07, 6.45) is 5.14. The number of imidazole rings is 1. The van der Waals surface area contributed by atoms with E-state index in [-0.39, 0.29) is 16.9 Å². The second-order valence-electron chi connectivity index (χ2n) is 7.49. The Morgan fingerprint density at radius 3 is 2.57 bits per heavy atom. The van der Waals surface area contributed by atoms with Crippen LogP contribution in [-0.2, 0) is 11.3 Å². The van der Waals surface area contributed by atoms with Gasteiger partial charge < -0.3 is 15.5 Å². The average Bonchev–Trinajstić information content (AvgIpc) is 3.23. The van der Waals surface area contributed by atoms with Crippen LogP contribution in [0.3, 0.4) is 0 Å². The number of nitrogens with zero attached hydrogens (tertiary/aromatic N) is 3. The van der Waals surface area contributed by atoms with Gasteiger partial charge in [0.1, 0.15) is 23.3 Å². The maximum atomic E-state index is 13.2. The molecule has 0 unspecified atom stereocenters. The van der Waals surface area contributed by atoms with E-state index in [0.29, 0.717) is 18.0 Å². The number of fused-ring (bicyclic) bond motifs is 1. The van der Waals surface area contributed by atoms with Crippen molar-refractivity contribution < 1.29 is 14.0 Å². The summed E-state index contributed by atoms with van der Waals surface area (Å²) < 4.78 is 8.76. The highest BCUT2D eigenvalue weighted by atomic mass is 16.3. The highest BCUT2D eigenvalue weighted by Gasteiger charge is 2.20. The molecule has 30 heavy (non-hydrogen) atoms. The van der Waals surface area contributed by atoms with Crippen LogP contribution in [-0.4, -0.2) is 31.8 Å². The lowest BCUT2D eigenvalue weighted by atomic mass is 10.1. The second-order valence-corrected chi connectivity index (χ2v) is 7.49. The number of hydrogen-bond donors (Lipinski definition) is 2. The first kappa shape index (κ1) is 21.1. The minimum atomic E-state index is -0.858. The van der Waals surface area contributed by atoms with Gasteiger partial charge in [-0.2, -0.15) is 0 Å². The Bertz CT molecular complexity index is 1220. The number of furan rings is 1. The number of carbonyl (C=O) groups is 2. The van der Waals surface area contributed by atoms with Gasteiger partial charge in [0.2, 0.25) is 11.6 Å². The number of rotatable bonds is 6. The van der Waals surface area contributed by atoms with E-state index >= 15 is 0 Å². The van der Waals surface area contributed by atoms with Crippen molar-refractivity contribution in [2.24, 2.45) is 5.73 Å². The summed E-state index contributed by atoms with van der Waals surface area (Å²) >= 11 is 0. The second kappa shape index (κ2) is 8.02. The van der Waals surface area contributed by atoms with Gasteiger partial charge in [0.25, 0.3) is 11.5 Å². The highest BCUT2D eigenvalue weighted by Crippen LogP contribution is 2.26. The lowest BCUT2D eigenvalue weighted by molar-refractivity contribution is -0.119. The van der Waals surface area contributed by atoms with Crippen LogP contribution < -0.4 is 16.6 Å². The van der Waals surface area contributed by atoms with Crippen LogP contribution in [0.5, 0.6) is 0 Å². The summed E-state index contributed by atoms with van der Waals surface area (Å²) in [6, 6.07) is 1.01. The Labute approximate surface area is 173 Å². The molecule has 9 heteroatoms. The average molecular weight is 411 g/mol. The summed E-state index contributed by atoms with van der Waals surface area (Å²) in [5.41, 5.74) is 7.48. The van der Waals surface area contributed by atoms with Crippen molar-refractivity contribution >= 4 is 17.5 Å². The molecule has 0 aromatic carbocycles. The third-order valence-electron chi connectivity index (χ3n) is 4.73. The van der Waals surface area contributed by atoms with Gasteiger partial charge in [0, 0.05) is 24.5 Å². The Morgan fingerprint density at radius 2 is 2.00 bits per heavy atom. The molecule has 0 saturated carbocycles. The number of aryl methyl sites for hydroxylation is 2. The lowest BCUT2D eigenvalue weighted by Gasteiger charge is -2.11. The van der Waals surface area contributed by atoms with Gasteiger partial charge >= 0.3 is 0 Å². The zero-order valence-electron chi connectivity index (χ0n) is 17.6. The summed E-state index contributed by atoms with van der Waals surface area (Å²) in [7, 11) is 0. The fraction of sp³-hybridized carbons (Fsp3) is 0.333. The molecule has 9 nitrogen and oxygen atoms in total. The molecule has 3 N–H and O–H groups in total. The molecular formula is C21H25N5O4. The Balaban J connectivity index is 2.17. The van der Waals surface area contributed by atoms with Gasteiger partial charge in [0.15, 0.2) is 0 Å². The van der Waals surface area contributed by atoms with Crippen molar-refractivity contribution in [2.45, 2.75) is 47.2 Å². The molecule has 3 aromatic rings. The van der Waals surface area contributed by atoms with Crippen molar-refractivity contribution in [1.82, 2.24) is 19.3 Å². The summed E-state index contributed by atoms with van der Waals surface area (Å²) in [4.78, 5) is 41.1. The number of carbonyl (C=O) groups excluding carboxylic acids is 2. The smallest absolute Gasteiger partial charge is 0.295 e. The predicted molar refractivity (Wildman–Crippen MR) is 112 cm³/mol. The molecular weight excluding hydrogens is 386 g/mol. The maximum Gasteiger partial charge on any atom is 0.295 e. The minimum Gasteiger partial charge on any atom is -0.466 e. The molecule has 3 aromatic heterocycles. The molecule has 2 amide bonds. The first-order chi connectivity index (χ1) is 14.1. The van der Waals surface area contributed by atoms with Gasteiger partial charge in [-0.1, -0.05) is 11.6 Å². The number of nitrogens with two attached hydrogens (primary N) is 1. The fourth-order valence-corrected chi connectivity index (χ4v) is 3.09.